The summed E-state index contributed by atoms with van der Waals surface area (Å²) >= 11 is 0. The minimum atomic E-state index is -2.20. The fourth-order valence-corrected chi connectivity index (χ4v) is 5.85. The SMILES string of the molecule is CC(C)(C)OC(=O)[C@]1(CCNC(=O)OCc2ccccc2)C(=O)N(Cc2ccccc2)C[C@@H]1CO[Si](C)(C)C(C)(C)C. The molecular formula is C33H48N2O6Si. The van der Waals surface area contributed by atoms with Crippen molar-refractivity contribution in [3.05, 3.63) is 71.8 Å². The number of carbonyl (C=O) groups excluding carboxylic acids is 3. The smallest absolute Gasteiger partial charge is 0.407 e. The molecule has 0 unspecified atom stereocenters. The molecule has 1 aliphatic rings. The van der Waals surface area contributed by atoms with Gasteiger partial charge in [-0.15, -0.1) is 0 Å². The van der Waals surface area contributed by atoms with Crippen molar-refractivity contribution in [1.82, 2.24) is 10.2 Å². The summed E-state index contributed by atoms with van der Waals surface area (Å²) in [6.07, 6.45) is -0.545. The highest BCUT2D eigenvalue weighted by atomic mass is 28.4. The van der Waals surface area contributed by atoms with Gasteiger partial charge >= 0.3 is 12.1 Å². The van der Waals surface area contributed by atoms with Crippen molar-refractivity contribution >= 4 is 26.3 Å². The minimum Gasteiger partial charge on any atom is -0.459 e. The number of likely N-dealkylation sites (tertiary alicyclic amines) is 1. The first-order valence-electron chi connectivity index (χ1n) is 14.7. The van der Waals surface area contributed by atoms with Gasteiger partial charge in [0.25, 0.3) is 0 Å². The van der Waals surface area contributed by atoms with Crippen molar-refractivity contribution in [3.8, 4) is 0 Å². The van der Waals surface area contributed by atoms with Crippen molar-refractivity contribution in [1.29, 1.82) is 0 Å². The van der Waals surface area contributed by atoms with Gasteiger partial charge in [0.15, 0.2) is 13.7 Å². The number of rotatable bonds is 11. The van der Waals surface area contributed by atoms with Crippen LogP contribution in [-0.2, 0) is 36.6 Å². The van der Waals surface area contributed by atoms with Gasteiger partial charge in [-0.25, -0.2) is 4.79 Å². The van der Waals surface area contributed by atoms with E-state index < -0.39 is 37.3 Å². The molecule has 0 radical (unpaired) electrons. The van der Waals surface area contributed by atoms with Crippen molar-refractivity contribution in [2.24, 2.45) is 11.3 Å². The summed E-state index contributed by atoms with van der Waals surface area (Å²) in [5.74, 6) is -1.34. The summed E-state index contributed by atoms with van der Waals surface area (Å²) in [6.45, 7) is 17.3. The largest absolute Gasteiger partial charge is 0.459 e. The molecule has 2 amide bonds. The molecule has 230 valence electrons. The number of ether oxygens (including phenoxy) is 2. The second-order valence-electron chi connectivity index (χ2n) is 13.7. The second kappa shape index (κ2) is 13.4. The molecular weight excluding hydrogens is 548 g/mol. The molecule has 1 aliphatic heterocycles. The van der Waals surface area contributed by atoms with Crippen LogP contribution in [0.3, 0.4) is 0 Å². The molecule has 0 aliphatic carbocycles. The number of nitrogens with one attached hydrogen (secondary N) is 1. The van der Waals surface area contributed by atoms with Crippen LogP contribution in [0.5, 0.6) is 0 Å². The Bertz CT molecular complexity index is 1210. The Morgan fingerprint density at radius 3 is 2.07 bits per heavy atom. The maximum absolute atomic E-state index is 14.3. The summed E-state index contributed by atoms with van der Waals surface area (Å²) in [6, 6.07) is 19.1. The fraction of sp³-hybridized carbons (Fsp3) is 0.545. The first-order valence-corrected chi connectivity index (χ1v) is 17.6. The van der Waals surface area contributed by atoms with Crippen LogP contribution in [0.1, 0.15) is 59.1 Å². The standard InChI is InChI=1S/C33H48N2O6Si/c1-31(2,3)41-29(37)33(19-20-34-30(38)39-23-26-17-13-10-14-18-26)27(24-40-42(7,8)32(4,5)6)22-35(28(33)36)21-25-15-11-9-12-16-25/h9-18,27H,19-24H2,1-8H3,(H,34,38)/t27-,33+/m1/s1. The van der Waals surface area contributed by atoms with E-state index in [1.807, 2.05) is 60.7 Å². The second-order valence-corrected chi connectivity index (χ2v) is 18.5. The van der Waals surface area contributed by atoms with Gasteiger partial charge < -0.3 is 24.1 Å². The van der Waals surface area contributed by atoms with Crippen LogP contribution in [-0.4, -0.2) is 56.5 Å². The molecule has 0 spiro atoms. The van der Waals surface area contributed by atoms with Gasteiger partial charge in [0.2, 0.25) is 5.91 Å². The number of carbonyl (C=O) groups is 3. The Morgan fingerprint density at radius 2 is 1.52 bits per heavy atom. The third-order valence-corrected chi connectivity index (χ3v) is 12.7. The molecule has 42 heavy (non-hydrogen) atoms. The van der Waals surface area contributed by atoms with Gasteiger partial charge in [-0.2, -0.15) is 0 Å². The lowest BCUT2D eigenvalue weighted by molar-refractivity contribution is -0.174. The topological polar surface area (TPSA) is 94.2 Å². The minimum absolute atomic E-state index is 0.0437. The normalized spacial score (nSPS) is 19.5. The number of amides is 2. The molecule has 1 saturated heterocycles. The van der Waals surface area contributed by atoms with E-state index in [4.69, 9.17) is 13.9 Å². The lowest BCUT2D eigenvalue weighted by Crippen LogP contribution is -2.51. The lowest BCUT2D eigenvalue weighted by Gasteiger charge is -2.39. The molecule has 9 heteroatoms. The number of esters is 1. The van der Waals surface area contributed by atoms with Crippen LogP contribution in [0.15, 0.2) is 60.7 Å². The molecule has 1 heterocycles. The van der Waals surface area contributed by atoms with E-state index in [1.165, 1.54) is 0 Å². The lowest BCUT2D eigenvalue weighted by atomic mass is 9.74. The molecule has 0 bridgehead atoms. The van der Waals surface area contributed by atoms with Crippen LogP contribution in [0.4, 0.5) is 4.79 Å². The molecule has 3 rings (SSSR count). The van der Waals surface area contributed by atoms with Crippen LogP contribution >= 0.6 is 0 Å². The molecule has 0 saturated carbocycles. The van der Waals surface area contributed by atoms with E-state index in [0.717, 1.165) is 11.1 Å². The van der Waals surface area contributed by atoms with E-state index in [-0.39, 0.29) is 37.1 Å². The Labute approximate surface area is 252 Å². The highest BCUT2D eigenvalue weighted by Gasteiger charge is 2.61. The first-order chi connectivity index (χ1) is 19.5. The van der Waals surface area contributed by atoms with Crippen LogP contribution in [0.2, 0.25) is 18.1 Å². The number of nitrogens with zero attached hydrogens (tertiary/aromatic N) is 1. The summed E-state index contributed by atoms with van der Waals surface area (Å²) < 4.78 is 17.9. The zero-order chi connectivity index (χ0) is 31.2. The molecule has 8 nitrogen and oxygen atoms in total. The summed E-state index contributed by atoms with van der Waals surface area (Å²) in [5, 5.41) is 2.71. The molecule has 2 aromatic carbocycles. The van der Waals surface area contributed by atoms with Gasteiger partial charge in [0.1, 0.15) is 12.2 Å². The summed E-state index contributed by atoms with van der Waals surface area (Å²) in [4.78, 5) is 42.7. The van der Waals surface area contributed by atoms with Crippen molar-refractivity contribution in [3.63, 3.8) is 0 Å². The Kier molecular flexibility index (Phi) is 10.7. The molecule has 1 N–H and O–H groups in total. The summed E-state index contributed by atoms with van der Waals surface area (Å²) in [5.41, 5.74) is -0.484. The number of alkyl carbamates (subject to hydrolysis) is 1. The predicted molar refractivity (Wildman–Crippen MR) is 166 cm³/mol. The highest BCUT2D eigenvalue weighted by Crippen LogP contribution is 2.45. The van der Waals surface area contributed by atoms with Gasteiger partial charge in [0, 0.05) is 32.2 Å². The van der Waals surface area contributed by atoms with Gasteiger partial charge in [-0.05, 0) is 56.5 Å². The molecule has 2 atom stereocenters. The van der Waals surface area contributed by atoms with E-state index in [0.29, 0.717) is 13.1 Å². The van der Waals surface area contributed by atoms with E-state index in [9.17, 15) is 14.4 Å². The molecule has 1 fully saturated rings. The van der Waals surface area contributed by atoms with Gasteiger partial charge in [0.05, 0.1) is 0 Å². The van der Waals surface area contributed by atoms with E-state index >= 15 is 0 Å². The van der Waals surface area contributed by atoms with Crippen LogP contribution < -0.4 is 5.32 Å². The molecule has 0 aromatic heterocycles. The van der Waals surface area contributed by atoms with E-state index in [1.54, 1.807) is 25.7 Å². The van der Waals surface area contributed by atoms with Crippen molar-refractivity contribution < 1.29 is 28.3 Å². The average Bonchev–Trinajstić information content (AvgIpc) is 3.17. The van der Waals surface area contributed by atoms with Crippen molar-refractivity contribution in [2.75, 3.05) is 19.7 Å². The van der Waals surface area contributed by atoms with Gasteiger partial charge in [-0.3, -0.25) is 9.59 Å². The van der Waals surface area contributed by atoms with Crippen molar-refractivity contribution in [2.45, 2.75) is 84.8 Å². The Hall–Kier alpha value is -3.17. The zero-order valence-electron chi connectivity index (χ0n) is 26.5. The van der Waals surface area contributed by atoms with Gasteiger partial charge in [-0.1, -0.05) is 81.4 Å². The van der Waals surface area contributed by atoms with Crippen LogP contribution in [0, 0.1) is 11.3 Å². The number of hydrogen-bond donors (Lipinski definition) is 1. The third kappa shape index (κ3) is 8.44. The third-order valence-electron chi connectivity index (χ3n) is 8.24. The summed E-state index contributed by atoms with van der Waals surface area (Å²) in [7, 11) is -2.20. The fourth-order valence-electron chi connectivity index (χ4n) is 4.79. The quantitative estimate of drug-likeness (QED) is 0.186. The Balaban J connectivity index is 1.88. The maximum Gasteiger partial charge on any atom is 0.407 e. The van der Waals surface area contributed by atoms with Crippen LogP contribution in [0.25, 0.3) is 0 Å². The number of benzene rings is 2. The zero-order valence-corrected chi connectivity index (χ0v) is 27.5. The predicted octanol–water partition coefficient (Wildman–Crippen LogP) is 6.31. The first kappa shape index (κ1) is 33.3. The average molecular weight is 597 g/mol. The number of hydrogen-bond acceptors (Lipinski definition) is 6. The molecule has 2 aromatic rings. The Morgan fingerprint density at radius 1 is 0.952 bits per heavy atom. The maximum atomic E-state index is 14.3. The highest BCUT2D eigenvalue weighted by molar-refractivity contribution is 6.74. The van der Waals surface area contributed by atoms with E-state index in [2.05, 4.69) is 39.2 Å². The monoisotopic (exact) mass is 596 g/mol.